The smallest absolute Gasteiger partial charge is 0.260 e. The van der Waals surface area contributed by atoms with Crippen LogP contribution in [-0.4, -0.2) is 24.5 Å². The Morgan fingerprint density at radius 3 is 2.81 bits per heavy atom. The van der Waals surface area contributed by atoms with E-state index in [1.807, 2.05) is 12.1 Å². The van der Waals surface area contributed by atoms with Crippen LogP contribution in [0.25, 0.3) is 0 Å². The Morgan fingerprint density at radius 2 is 2.14 bits per heavy atom. The van der Waals surface area contributed by atoms with E-state index in [4.69, 9.17) is 21.6 Å². The number of rotatable bonds is 5. The lowest BCUT2D eigenvalue weighted by molar-refractivity contribution is -0.132. The van der Waals surface area contributed by atoms with Crippen LogP contribution in [0.1, 0.15) is 10.4 Å². The standard InChI is InChI=1S/C15H13ClN2O2S/c1-18(9-12-6-7-14(16)21-12)15(19)10-20-13-5-3-2-4-11(13)8-17/h2-7H,9-10H2,1H3. The molecule has 0 aliphatic heterocycles. The van der Waals surface area contributed by atoms with Crippen LogP contribution in [0.5, 0.6) is 5.75 Å². The first-order valence-electron chi connectivity index (χ1n) is 6.20. The Bertz CT molecular complexity index is 678. The number of carbonyl (C=O) groups excluding carboxylic acids is 1. The molecule has 0 fully saturated rings. The Kier molecular flexibility index (Phi) is 5.20. The third-order valence-corrected chi connectivity index (χ3v) is 4.02. The number of thiophene rings is 1. The minimum atomic E-state index is -0.160. The summed E-state index contributed by atoms with van der Waals surface area (Å²) in [5.41, 5.74) is 0.415. The van der Waals surface area contributed by atoms with Crippen molar-refractivity contribution in [3.05, 3.63) is 51.2 Å². The number of hydrogen-bond acceptors (Lipinski definition) is 4. The molecule has 108 valence electrons. The Balaban J connectivity index is 1.91. The number of likely N-dealkylation sites (N-methyl/N-ethyl adjacent to an activating group) is 1. The van der Waals surface area contributed by atoms with Crippen molar-refractivity contribution in [3.8, 4) is 11.8 Å². The van der Waals surface area contributed by atoms with Gasteiger partial charge in [-0.25, -0.2) is 0 Å². The fraction of sp³-hybridized carbons (Fsp3) is 0.200. The first-order chi connectivity index (χ1) is 10.1. The molecular formula is C15H13ClN2O2S. The maximum atomic E-state index is 12.0. The molecule has 0 saturated heterocycles. The van der Waals surface area contributed by atoms with Crippen LogP contribution in [-0.2, 0) is 11.3 Å². The lowest BCUT2D eigenvalue weighted by atomic mass is 10.2. The van der Waals surface area contributed by atoms with E-state index in [1.54, 1.807) is 42.3 Å². The summed E-state index contributed by atoms with van der Waals surface area (Å²) in [5, 5.41) is 8.95. The van der Waals surface area contributed by atoms with Gasteiger partial charge in [0.1, 0.15) is 11.8 Å². The fourth-order valence-electron chi connectivity index (χ4n) is 1.69. The van der Waals surface area contributed by atoms with Crippen LogP contribution < -0.4 is 4.74 Å². The van der Waals surface area contributed by atoms with Gasteiger partial charge in [-0.2, -0.15) is 5.26 Å². The average Bonchev–Trinajstić information content (AvgIpc) is 2.90. The highest BCUT2D eigenvalue weighted by molar-refractivity contribution is 7.16. The zero-order chi connectivity index (χ0) is 15.2. The van der Waals surface area contributed by atoms with Gasteiger partial charge < -0.3 is 9.64 Å². The van der Waals surface area contributed by atoms with Crippen LogP contribution in [0.2, 0.25) is 4.34 Å². The van der Waals surface area contributed by atoms with Crippen LogP contribution in [0, 0.1) is 11.3 Å². The number of nitrogens with zero attached hydrogens (tertiary/aromatic N) is 2. The van der Waals surface area contributed by atoms with E-state index in [0.717, 1.165) is 4.88 Å². The lowest BCUT2D eigenvalue weighted by Crippen LogP contribution is -2.30. The van der Waals surface area contributed by atoms with Crippen LogP contribution >= 0.6 is 22.9 Å². The highest BCUT2D eigenvalue weighted by Crippen LogP contribution is 2.22. The van der Waals surface area contributed by atoms with Crippen molar-refractivity contribution >= 4 is 28.8 Å². The largest absolute Gasteiger partial charge is 0.482 e. The number of amides is 1. The van der Waals surface area contributed by atoms with E-state index >= 15 is 0 Å². The topological polar surface area (TPSA) is 53.3 Å². The SMILES string of the molecule is CN(Cc1ccc(Cl)s1)C(=O)COc1ccccc1C#N. The molecule has 0 bridgehead atoms. The number of hydrogen-bond donors (Lipinski definition) is 0. The van der Waals surface area contributed by atoms with Gasteiger partial charge in [0.15, 0.2) is 6.61 Å². The summed E-state index contributed by atoms with van der Waals surface area (Å²) >= 11 is 7.30. The summed E-state index contributed by atoms with van der Waals surface area (Å²) in [6.45, 7) is 0.383. The van der Waals surface area contributed by atoms with Gasteiger partial charge in [0.05, 0.1) is 16.4 Å². The molecule has 0 N–H and O–H groups in total. The van der Waals surface area contributed by atoms with Crippen LogP contribution in [0.3, 0.4) is 0 Å². The molecule has 6 heteroatoms. The molecule has 1 aromatic carbocycles. The molecule has 21 heavy (non-hydrogen) atoms. The second kappa shape index (κ2) is 7.11. The first kappa shape index (κ1) is 15.4. The minimum Gasteiger partial charge on any atom is -0.482 e. The molecule has 0 spiro atoms. The summed E-state index contributed by atoms with van der Waals surface area (Å²) in [4.78, 5) is 14.6. The number of nitriles is 1. The van der Waals surface area contributed by atoms with Gasteiger partial charge in [0, 0.05) is 11.9 Å². The van der Waals surface area contributed by atoms with Crippen molar-refractivity contribution in [1.82, 2.24) is 4.90 Å². The quantitative estimate of drug-likeness (QED) is 0.849. The average molecular weight is 321 g/mol. The Labute approximate surface area is 132 Å². The van der Waals surface area contributed by atoms with E-state index in [-0.39, 0.29) is 12.5 Å². The van der Waals surface area contributed by atoms with Gasteiger partial charge in [0.2, 0.25) is 0 Å². The van der Waals surface area contributed by atoms with E-state index in [2.05, 4.69) is 0 Å². The maximum absolute atomic E-state index is 12.0. The van der Waals surface area contributed by atoms with Gasteiger partial charge in [-0.15, -0.1) is 11.3 Å². The highest BCUT2D eigenvalue weighted by atomic mass is 35.5. The molecule has 1 heterocycles. The normalized spacial score (nSPS) is 9.95. The molecule has 0 unspecified atom stereocenters. The van der Waals surface area contributed by atoms with Crippen molar-refractivity contribution in [2.45, 2.75) is 6.54 Å². The summed E-state index contributed by atoms with van der Waals surface area (Å²) in [5.74, 6) is 0.258. The zero-order valence-corrected chi connectivity index (χ0v) is 12.9. The van der Waals surface area contributed by atoms with E-state index < -0.39 is 0 Å². The molecule has 4 nitrogen and oxygen atoms in total. The Morgan fingerprint density at radius 1 is 1.38 bits per heavy atom. The summed E-state index contributed by atoms with van der Waals surface area (Å²) in [7, 11) is 1.70. The van der Waals surface area contributed by atoms with Gasteiger partial charge in [-0.1, -0.05) is 23.7 Å². The molecule has 1 aromatic heterocycles. The zero-order valence-electron chi connectivity index (χ0n) is 11.4. The second-order valence-electron chi connectivity index (χ2n) is 4.35. The Hall–Kier alpha value is -2.03. The fourth-order valence-corrected chi connectivity index (χ4v) is 2.83. The summed E-state index contributed by atoms with van der Waals surface area (Å²) in [6.07, 6.45) is 0. The molecule has 0 saturated carbocycles. The predicted molar refractivity (Wildman–Crippen MR) is 82.5 cm³/mol. The van der Waals surface area contributed by atoms with E-state index in [0.29, 0.717) is 22.2 Å². The van der Waals surface area contributed by atoms with Crippen molar-refractivity contribution in [2.75, 3.05) is 13.7 Å². The van der Waals surface area contributed by atoms with Gasteiger partial charge in [-0.3, -0.25) is 4.79 Å². The third-order valence-electron chi connectivity index (χ3n) is 2.81. The van der Waals surface area contributed by atoms with Crippen LogP contribution in [0.15, 0.2) is 36.4 Å². The monoisotopic (exact) mass is 320 g/mol. The van der Waals surface area contributed by atoms with Gasteiger partial charge in [-0.05, 0) is 24.3 Å². The molecule has 0 aliphatic rings. The highest BCUT2D eigenvalue weighted by Gasteiger charge is 2.12. The predicted octanol–water partition coefficient (Wildman–Crippen LogP) is 3.31. The number of halogens is 1. The van der Waals surface area contributed by atoms with Crippen molar-refractivity contribution in [1.29, 1.82) is 5.26 Å². The minimum absolute atomic E-state index is 0.103. The summed E-state index contributed by atoms with van der Waals surface area (Å²) in [6, 6.07) is 12.6. The number of para-hydroxylation sites is 1. The van der Waals surface area contributed by atoms with Gasteiger partial charge >= 0.3 is 0 Å². The lowest BCUT2D eigenvalue weighted by Gasteiger charge is -2.16. The van der Waals surface area contributed by atoms with E-state index in [1.165, 1.54) is 11.3 Å². The van der Waals surface area contributed by atoms with Crippen molar-refractivity contribution in [2.24, 2.45) is 0 Å². The first-order valence-corrected chi connectivity index (χ1v) is 7.39. The number of ether oxygens (including phenoxy) is 1. The number of benzene rings is 1. The van der Waals surface area contributed by atoms with Gasteiger partial charge in [0.25, 0.3) is 5.91 Å². The molecule has 0 aliphatic carbocycles. The molecule has 0 radical (unpaired) electrons. The molecule has 0 atom stereocenters. The second-order valence-corrected chi connectivity index (χ2v) is 6.15. The molecular weight excluding hydrogens is 308 g/mol. The van der Waals surface area contributed by atoms with Crippen molar-refractivity contribution < 1.29 is 9.53 Å². The van der Waals surface area contributed by atoms with E-state index in [9.17, 15) is 4.79 Å². The summed E-state index contributed by atoms with van der Waals surface area (Å²) < 4.78 is 6.12. The third kappa shape index (κ3) is 4.22. The maximum Gasteiger partial charge on any atom is 0.260 e. The molecule has 2 aromatic rings. The number of carbonyl (C=O) groups is 1. The molecule has 1 amide bonds. The van der Waals surface area contributed by atoms with Crippen LogP contribution in [0.4, 0.5) is 0 Å². The molecule has 2 rings (SSSR count). The van der Waals surface area contributed by atoms with Crippen molar-refractivity contribution in [3.63, 3.8) is 0 Å².